The van der Waals surface area contributed by atoms with Crippen LogP contribution in [0.3, 0.4) is 0 Å². The second kappa shape index (κ2) is 6.37. The van der Waals surface area contributed by atoms with E-state index in [0.29, 0.717) is 5.92 Å². The number of rotatable bonds is 4. The van der Waals surface area contributed by atoms with Crippen LogP contribution in [0.4, 0.5) is 0 Å². The van der Waals surface area contributed by atoms with Gasteiger partial charge in [-0.1, -0.05) is 0 Å². The summed E-state index contributed by atoms with van der Waals surface area (Å²) in [6.45, 7) is 3.50. The summed E-state index contributed by atoms with van der Waals surface area (Å²) in [5.41, 5.74) is 0. The van der Waals surface area contributed by atoms with E-state index < -0.39 is 5.97 Å². The molecule has 0 radical (unpaired) electrons. The Labute approximate surface area is 113 Å². The van der Waals surface area contributed by atoms with Crippen LogP contribution in [0, 0.1) is 5.92 Å². The molecule has 2 unspecified atom stereocenters. The van der Waals surface area contributed by atoms with Crippen LogP contribution in [0.15, 0.2) is 0 Å². The summed E-state index contributed by atoms with van der Waals surface area (Å²) in [6, 6.07) is 0. The minimum atomic E-state index is -0.730. The van der Waals surface area contributed by atoms with Gasteiger partial charge in [-0.3, -0.25) is 9.59 Å². The highest BCUT2D eigenvalue weighted by Crippen LogP contribution is 2.25. The van der Waals surface area contributed by atoms with E-state index >= 15 is 0 Å². The predicted molar refractivity (Wildman–Crippen MR) is 69.7 cm³/mol. The first-order chi connectivity index (χ1) is 9.06. The second-order valence-electron chi connectivity index (χ2n) is 5.71. The average Bonchev–Trinajstić information content (AvgIpc) is 2.83. The van der Waals surface area contributed by atoms with Crippen LogP contribution in [-0.4, -0.2) is 47.2 Å². The molecule has 2 fully saturated rings. The quantitative estimate of drug-likeness (QED) is 0.843. The van der Waals surface area contributed by atoms with Crippen LogP contribution in [0.1, 0.15) is 45.4 Å². The third-order valence-electron chi connectivity index (χ3n) is 4.20. The highest BCUT2D eigenvalue weighted by atomic mass is 16.5. The molecule has 2 aliphatic rings. The van der Waals surface area contributed by atoms with E-state index in [1.807, 2.05) is 11.8 Å². The van der Waals surface area contributed by atoms with Gasteiger partial charge < -0.3 is 14.7 Å². The summed E-state index contributed by atoms with van der Waals surface area (Å²) >= 11 is 0. The lowest BCUT2D eigenvalue weighted by atomic mass is 9.92. The number of ether oxygens (including phenoxy) is 1. The normalized spacial score (nSPS) is 28.6. The van der Waals surface area contributed by atoms with Crippen LogP contribution in [-0.2, 0) is 14.3 Å². The number of carboxylic acids is 1. The van der Waals surface area contributed by atoms with Crippen LogP contribution in [0.2, 0.25) is 0 Å². The van der Waals surface area contributed by atoms with Gasteiger partial charge in [0.2, 0.25) is 0 Å². The Morgan fingerprint density at radius 2 is 1.89 bits per heavy atom. The third kappa shape index (κ3) is 3.93. The summed E-state index contributed by atoms with van der Waals surface area (Å²) in [5, 5.41) is 8.67. The van der Waals surface area contributed by atoms with Crippen molar-refractivity contribution in [3.63, 3.8) is 0 Å². The van der Waals surface area contributed by atoms with Crippen molar-refractivity contribution in [1.29, 1.82) is 0 Å². The van der Waals surface area contributed by atoms with Gasteiger partial charge in [0.15, 0.2) is 0 Å². The van der Waals surface area contributed by atoms with Crippen molar-refractivity contribution in [2.75, 3.05) is 13.1 Å². The first kappa shape index (κ1) is 14.3. The van der Waals surface area contributed by atoms with E-state index in [9.17, 15) is 9.59 Å². The number of piperidine rings is 1. The Balaban J connectivity index is 1.73. The van der Waals surface area contributed by atoms with E-state index in [4.69, 9.17) is 9.84 Å². The first-order valence-corrected chi connectivity index (χ1v) is 7.22. The van der Waals surface area contributed by atoms with Gasteiger partial charge in [-0.2, -0.15) is 0 Å². The van der Waals surface area contributed by atoms with Gasteiger partial charge in [-0.15, -0.1) is 0 Å². The van der Waals surface area contributed by atoms with E-state index in [2.05, 4.69) is 0 Å². The van der Waals surface area contributed by atoms with Crippen molar-refractivity contribution in [3.05, 3.63) is 0 Å². The lowest BCUT2D eigenvalue weighted by Crippen LogP contribution is -2.43. The summed E-state index contributed by atoms with van der Waals surface area (Å²) in [4.78, 5) is 24.7. The maximum atomic E-state index is 12.2. The molecule has 5 nitrogen and oxygen atoms in total. The second-order valence-corrected chi connectivity index (χ2v) is 5.71. The molecule has 2 aliphatic heterocycles. The maximum absolute atomic E-state index is 12.2. The molecule has 2 heterocycles. The number of carbonyl (C=O) groups is 2. The van der Waals surface area contributed by atoms with Crippen LogP contribution in [0.25, 0.3) is 0 Å². The van der Waals surface area contributed by atoms with E-state index in [1.165, 1.54) is 0 Å². The Hall–Kier alpha value is -1.10. The fourth-order valence-corrected chi connectivity index (χ4v) is 2.96. The highest BCUT2D eigenvalue weighted by Gasteiger charge is 2.33. The number of nitrogens with zero attached hydrogens (tertiary/aromatic N) is 1. The van der Waals surface area contributed by atoms with Crippen molar-refractivity contribution in [2.45, 2.75) is 57.7 Å². The Morgan fingerprint density at radius 1 is 1.21 bits per heavy atom. The molecule has 5 heteroatoms. The first-order valence-electron chi connectivity index (χ1n) is 7.22. The lowest BCUT2D eigenvalue weighted by Gasteiger charge is -2.33. The van der Waals surface area contributed by atoms with Gasteiger partial charge in [0.05, 0.1) is 6.10 Å². The van der Waals surface area contributed by atoms with Gasteiger partial charge in [-0.05, 0) is 44.9 Å². The summed E-state index contributed by atoms with van der Waals surface area (Å²) in [6.07, 6.45) is 4.55. The molecule has 108 valence electrons. The zero-order valence-corrected chi connectivity index (χ0v) is 11.5. The molecule has 0 aromatic rings. The number of carboxylic acid groups (broad SMARTS) is 1. The van der Waals surface area contributed by atoms with Crippen LogP contribution < -0.4 is 0 Å². The van der Waals surface area contributed by atoms with Crippen molar-refractivity contribution in [1.82, 2.24) is 4.90 Å². The predicted octanol–water partition coefficient (Wildman–Crippen LogP) is 1.66. The Morgan fingerprint density at radius 3 is 2.42 bits per heavy atom. The maximum Gasteiger partial charge on any atom is 0.303 e. The SMILES string of the molecule is CC1CCC(C(=O)N2CCC(CCC(=O)O)CC2)O1. The smallest absolute Gasteiger partial charge is 0.303 e. The van der Waals surface area contributed by atoms with Gasteiger partial charge in [0, 0.05) is 19.5 Å². The van der Waals surface area contributed by atoms with E-state index in [0.717, 1.165) is 45.2 Å². The van der Waals surface area contributed by atoms with Gasteiger partial charge >= 0.3 is 5.97 Å². The monoisotopic (exact) mass is 269 g/mol. The van der Waals surface area contributed by atoms with E-state index in [1.54, 1.807) is 0 Å². The largest absolute Gasteiger partial charge is 0.481 e. The molecular formula is C14H23NO4. The summed E-state index contributed by atoms with van der Waals surface area (Å²) in [7, 11) is 0. The molecule has 0 saturated carbocycles. The zero-order chi connectivity index (χ0) is 13.8. The molecule has 2 atom stereocenters. The molecule has 1 N–H and O–H groups in total. The van der Waals surface area contributed by atoms with Crippen LogP contribution >= 0.6 is 0 Å². The number of amides is 1. The minimum Gasteiger partial charge on any atom is -0.481 e. The number of likely N-dealkylation sites (tertiary alicyclic amines) is 1. The molecule has 1 amide bonds. The van der Waals surface area contributed by atoms with Crippen molar-refractivity contribution >= 4 is 11.9 Å². The molecular weight excluding hydrogens is 246 g/mol. The fourth-order valence-electron chi connectivity index (χ4n) is 2.96. The molecule has 0 aromatic carbocycles. The molecule has 2 rings (SSSR count). The molecule has 0 aromatic heterocycles. The topological polar surface area (TPSA) is 66.8 Å². The Kier molecular flexibility index (Phi) is 4.80. The van der Waals surface area contributed by atoms with Crippen LogP contribution in [0.5, 0.6) is 0 Å². The zero-order valence-electron chi connectivity index (χ0n) is 11.5. The van der Waals surface area contributed by atoms with Gasteiger partial charge in [0.1, 0.15) is 6.10 Å². The lowest BCUT2D eigenvalue weighted by molar-refractivity contribution is -0.144. The number of hydrogen-bond donors (Lipinski definition) is 1. The standard InChI is InChI=1S/C14H23NO4/c1-10-2-4-12(19-10)14(18)15-8-6-11(7-9-15)3-5-13(16)17/h10-12H,2-9H2,1H3,(H,16,17). The number of carbonyl (C=O) groups excluding carboxylic acids is 1. The highest BCUT2D eigenvalue weighted by molar-refractivity contribution is 5.81. The molecule has 0 bridgehead atoms. The van der Waals surface area contributed by atoms with E-state index in [-0.39, 0.29) is 24.5 Å². The van der Waals surface area contributed by atoms with Crippen molar-refractivity contribution < 1.29 is 19.4 Å². The Bertz CT molecular complexity index is 336. The molecule has 0 spiro atoms. The van der Waals surface area contributed by atoms with Crippen molar-refractivity contribution in [3.8, 4) is 0 Å². The van der Waals surface area contributed by atoms with Crippen molar-refractivity contribution in [2.24, 2.45) is 5.92 Å². The molecule has 2 saturated heterocycles. The molecule has 19 heavy (non-hydrogen) atoms. The summed E-state index contributed by atoms with van der Waals surface area (Å²) in [5.74, 6) is -0.156. The molecule has 0 aliphatic carbocycles. The third-order valence-corrected chi connectivity index (χ3v) is 4.20. The fraction of sp³-hybridized carbons (Fsp3) is 0.857. The summed E-state index contributed by atoms with van der Waals surface area (Å²) < 4.78 is 5.61. The average molecular weight is 269 g/mol. The van der Waals surface area contributed by atoms with Gasteiger partial charge in [-0.25, -0.2) is 0 Å². The number of hydrogen-bond acceptors (Lipinski definition) is 3. The minimum absolute atomic E-state index is 0.126. The number of aliphatic carboxylic acids is 1. The van der Waals surface area contributed by atoms with Gasteiger partial charge in [0.25, 0.3) is 5.91 Å².